The monoisotopic (exact) mass is 802 g/mol. The fourth-order valence-corrected chi connectivity index (χ4v) is 7.42. The van der Waals surface area contributed by atoms with Gasteiger partial charge in [-0.1, -0.05) is 180 Å². The van der Waals surface area contributed by atoms with Gasteiger partial charge in [0.25, 0.3) is 0 Å². The first-order valence-electron chi connectivity index (χ1n) is 23.1. The molecule has 11 heteroatoms. The summed E-state index contributed by atoms with van der Waals surface area (Å²) in [6.45, 7) is 3.38. The molecule has 1 heterocycles. The molecule has 0 bridgehead atoms. The van der Waals surface area contributed by atoms with Gasteiger partial charge in [-0.2, -0.15) is 0 Å². The summed E-state index contributed by atoms with van der Waals surface area (Å²) in [6.07, 6.45) is 25.6. The zero-order chi connectivity index (χ0) is 41.2. The van der Waals surface area contributed by atoms with E-state index in [1.807, 2.05) is 0 Å². The Kier molecular flexibility index (Phi) is 33.8. The van der Waals surface area contributed by atoms with Crippen molar-refractivity contribution in [2.45, 2.75) is 255 Å². The number of unbranched alkanes of at least 4 members (excludes halogenated alkanes) is 24. The van der Waals surface area contributed by atoms with E-state index in [9.17, 15) is 40.5 Å². The van der Waals surface area contributed by atoms with Crippen molar-refractivity contribution in [1.29, 1.82) is 0 Å². The molecule has 56 heavy (non-hydrogen) atoms. The Bertz CT molecular complexity index is 923. The van der Waals surface area contributed by atoms with Crippen LogP contribution in [0.15, 0.2) is 12.2 Å². The van der Waals surface area contributed by atoms with Crippen LogP contribution in [0.1, 0.15) is 200 Å². The smallest absolute Gasteiger partial charge is 0.249 e. The first kappa shape index (κ1) is 52.9. The molecule has 332 valence electrons. The number of amides is 1. The Hall–Kier alpha value is -1.15. The van der Waals surface area contributed by atoms with E-state index in [1.54, 1.807) is 0 Å². The lowest BCUT2D eigenvalue weighted by molar-refractivity contribution is -0.303. The highest BCUT2D eigenvalue weighted by molar-refractivity contribution is 5.80. The van der Waals surface area contributed by atoms with Crippen LogP contribution in [0.4, 0.5) is 0 Å². The Balaban J connectivity index is 2.42. The minimum Gasteiger partial charge on any atom is -0.394 e. The first-order chi connectivity index (χ1) is 27.2. The molecule has 0 spiro atoms. The number of aliphatic hydroxyl groups is 7. The third-order valence-electron chi connectivity index (χ3n) is 11.3. The maximum absolute atomic E-state index is 13.0. The third kappa shape index (κ3) is 25.4. The molecule has 0 aromatic rings. The van der Waals surface area contributed by atoms with E-state index >= 15 is 0 Å². The highest BCUT2D eigenvalue weighted by Gasteiger charge is 2.44. The number of ether oxygens (including phenoxy) is 2. The SMILES string of the molecule is CCCC/C=C\CCCCCCC(O)C(=O)NC(COC1OC(CO)C(O)C(O)C1O)C(O)C(O)CCCCCCCCCCCCCCCCCCCCC. The van der Waals surface area contributed by atoms with Crippen molar-refractivity contribution in [3.05, 3.63) is 12.2 Å². The molecule has 9 atom stereocenters. The summed E-state index contributed by atoms with van der Waals surface area (Å²) >= 11 is 0. The van der Waals surface area contributed by atoms with Gasteiger partial charge in [0, 0.05) is 0 Å². The second-order valence-electron chi connectivity index (χ2n) is 16.5. The van der Waals surface area contributed by atoms with E-state index in [2.05, 4.69) is 31.3 Å². The molecule has 1 aliphatic rings. The van der Waals surface area contributed by atoms with Crippen LogP contribution in [0, 0.1) is 0 Å². The van der Waals surface area contributed by atoms with E-state index < -0.39 is 74.2 Å². The molecule has 0 aliphatic carbocycles. The molecule has 1 rings (SSSR count). The molecular formula is C45H87NO10. The van der Waals surface area contributed by atoms with Crippen molar-refractivity contribution >= 4 is 5.91 Å². The summed E-state index contributed by atoms with van der Waals surface area (Å²) in [5, 5.41) is 75.5. The van der Waals surface area contributed by atoms with Gasteiger partial charge in [-0.3, -0.25) is 4.79 Å². The number of carbonyl (C=O) groups excluding carboxylic acids is 1. The van der Waals surface area contributed by atoms with E-state index in [0.29, 0.717) is 19.3 Å². The Morgan fingerprint density at radius 1 is 0.607 bits per heavy atom. The quantitative estimate of drug-likeness (QED) is 0.0233. The zero-order valence-corrected chi connectivity index (χ0v) is 35.6. The van der Waals surface area contributed by atoms with Gasteiger partial charge in [-0.05, 0) is 32.1 Å². The highest BCUT2D eigenvalue weighted by Crippen LogP contribution is 2.23. The van der Waals surface area contributed by atoms with Gasteiger partial charge in [-0.25, -0.2) is 0 Å². The van der Waals surface area contributed by atoms with E-state index in [0.717, 1.165) is 51.4 Å². The Morgan fingerprint density at radius 2 is 1.05 bits per heavy atom. The second kappa shape index (κ2) is 35.8. The maximum Gasteiger partial charge on any atom is 0.249 e. The molecule has 1 aliphatic heterocycles. The zero-order valence-electron chi connectivity index (χ0n) is 35.6. The minimum absolute atomic E-state index is 0.246. The van der Waals surface area contributed by atoms with Crippen LogP contribution < -0.4 is 5.32 Å². The molecule has 8 N–H and O–H groups in total. The lowest BCUT2D eigenvalue weighted by atomic mass is 9.98. The van der Waals surface area contributed by atoms with Crippen LogP contribution in [0.5, 0.6) is 0 Å². The maximum atomic E-state index is 13.0. The van der Waals surface area contributed by atoms with Crippen molar-refractivity contribution < 1.29 is 50.0 Å². The molecule has 0 saturated carbocycles. The van der Waals surface area contributed by atoms with Gasteiger partial charge in [0.2, 0.25) is 5.91 Å². The van der Waals surface area contributed by atoms with Crippen molar-refractivity contribution in [3.63, 3.8) is 0 Å². The second-order valence-corrected chi connectivity index (χ2v) is 16.5. The van der Waals surface area contributed by atoms with Crippen LogP contribution >= 0.6 is 0 Å². The summed E-state index contributed by atoms with van der Waals surface area (Å²) in [4.78, 5) is 13.0. The van der Waals surface area contributed by atoms with E-state index in [-0.39, 0.29) is 6.42 Å². The number of carbonyl (C=O) groups is 1. The van der Waals surface area contributed by atoms with Gasteiger partial charge in [0.15, 0.2) is 6.29 Å². The van der Waals surface area contributed by atoms with Crippen molar-refractivity contribution in [3.8, 4) is 0 Å². The molecular weight excluding hydrogens is 714 g/mol. The summed E-state index contributed by atoms with van der Waals surface area (Å²) in [6, 6.07) is -1.17. The van der Waals surface area contributed by atoms with Crippen molar-refractivity contribution in [2.24, 2.45) is 0 Å². The molecule has 0 aromatic heterocycles. The summed E-state index contributed by atoms with van der Waals surface area (Å²) in [5.41, 5.74) is 0. The molecule has 1 fully saturated rings. The van der Waals surface area contributed by atoms with E-state index in [4.69, 9.17) is 9.47 Å². The average molecular weight is 802 g/mol. The van der Waals surface area contributed by atoms with Crippen LogP contribution in [0.25, 0.3) is 0 Å². The van der Waals surface area contributed by atoms with Crippen LogP contribution in [0.3, 0.4) is 0 Å². The molecule has 0 aromatic carbocycles. The molecule has 11 nitrogen and oxygen atoms in total. The van der Waals surface area contributed by atoms with Crippen molar-refractivity contribution in [2.75, 3.05) is 13.2 Å². The predicted octanol–water partition coefficient (Wildman–Crippen LogP) is 7.28. The highest BCUT2D eigenvalue weighted by atomic mass is 16.7. The van der Waals surface area contributed by atoms with Gasteiger partial charge >= 0.3 is 0 Å². The van der Waals surface area contributed by atoms with Gasteiger partial charge in [0.1, 0.15) is 36.6 Å². The number of hydrogen-bond donors (Lipinski definition) is 8. The number of nitrogens with one attached hydrogen (secondary N) is 1. The minimum atomic E-state index is -1.66. The predicted molar refractivity (Wildman–Crippen MR) is 224 cm³/mol. The molecule has 9 unspecified atom stereocenters. The largest absolute Gasteiger partial charge is 0.394 e. The average Bonchev–Trinajstić information content (AvgIpc) is 3.20. The lowest BCUT2D eigenvalue weighted by Crippen LogP contribution is -2.60. The van der Waals surface area contributed by atoms with Gasteiger partial charge in [-0.15, -0.1) is 0 Å². The third-order valence-corrected chi connectivity index (χ3v) is 11.3. The summed E-state index contributed by atoms with van der Waals surface area (Å²) < 4.78 is 11.1. The Morgan fingerprint density at radius 3 is 1.55 bits per heavy atom. The first-order valence-corrected chi connectivity index (χ1v) is 23.1. The number of aliphatic hydroxyl groups excluding tert-OH is 7. The molecule has 0 radical (unpaired) electrons. The standard InChI is InChI=1S/C45H87NO10/c1-3-5-7-9-11-13-15-16-17-18-19-20-21-22-23-25-26-28-30-32-37(48)40(50)36(35-55-45-43(53)42(52)41(51)39(34-47)56-45)46-44(54)38(49)33-31-29-27-24-14-12-10-8-6-4-2/h10,12,36-43,45,47-53H,3-9,11,13-35H2,1-2H3,(H,46,54)/b12-10-. The lowest BCUT2D eigenvalue weighted by Gasteiger charge is -2.40. The Labute approximate surface area is 341 Å². The van der Waals surface area contributed by atoms with Crippen LogP contribution in [-0.4, -0.2) is 110 Å². The molecule has 1 saturated heterocycles. The van der Waals surface area contributed by atoms with Crippen molar-refractivity contribution in [1.82, 2.24) is 5.32 Å². The number of rotatable bonds is 38. The van der Waals surface area contributed by atoms with E-state index in [1.165, 1.54) is 109 Å². The topological polar surface area (TPSA) is 189 Å². The fourth-order valence-electron chi connectivity index (χ4n) is 7.42. The fraction of sp³-hybridized carbons (Fsp3) is 0.933. The normalized spacial score (nSPS) is 22.3. The summed E-state index contributed by atoms with van der Waals surface area (Å²) in [7, 11) is 0. The van der Waals surface area contributed by atoms with Crippen LogP contribution in [-0.2, 0) is 14.3 Å². The van der Waals surface area contributed by atoms with Gasteiger partial charge < -0.3 is 50.5 Å². The van der Waals surface area contributed by atoms with Crippen LogP contribution in [0.2, 0.25) is 0 Å². The number of allylic oxidation sites excluding steroid dienone is 2. The van der Waals surface area contributed by atoms with Gasteiger partial charge in [0.05, 0.1) is 25.4 Å². The molecule has 1 amide bonds. The number of hydrogen-bond acceptors (Lipinski definition) is 10. The summed E-state index contributed by atoms with van der Waals surface area (Å²) in [5.74, 6) is -0.707.